The fourth-order valence-corrected chi connectivity index (χ4v) is 1.70. The van der Waals surface area contributed by atoms with Crippen LogP contribution in [-0.4, -0.2) is 38.7 Å². The van der Waals surface area contributed by atoms with Gasteiger partial charge in [0.1, 0.15) is 0 Å². The third kappa shape index (κ3) is 2.82. The van der Waals surface area contributed by atoms with E-state index in [0.717, 1.165) is 0 Å². The first-order valence-electron chi connectivity index (χ1n) is 5.25. The van der Waals surface area contributed by atoms with E-state index < -0.39 is 0 Å². The molecular weight excluding hydrogens is 228 g/mol. The molecule has 6 nitrogen and oxygen atoms in total. The number of H-pyrrole nitrogens is 2. The highest BCUT2D eigenvalue weighted by Crippen LogP contribution is 1.96. The van der Waals surface area contributed by atoms with Gasteiger partial charge in [-0.25, -0.2) is 9.89 Å². The van der Waals surface area contributed by atoms with Crippen molar-refractivity contribution in [2.45, 2.75) is 26.8 Å². The number of aromatic amines is 2. The van der Waals surface area contributed by atoms with Crippen molar-refractivity contribution in [2.24, 2.45) is 0 Å². The van der Waals surface area contributed by atoms with Gasteiger partial charge in [0.15, 0.2) is 4.77 Å². The Labute approximate surface area is 98.3 Å². The van der Waals surface area contributed by atoms with Gasteiger partial charge in [0.05, 0.1) is 0 Å². The van der Waals surface area contributed by atoms with Crippen molar-refractivity contribution in [1.29, 1.82) is 0 Å². The van der Waals surface area contributed by atoms with Gasteiger partial charge in [-0.1, -0.05) is 0 Å². The van der Waals surface area contributed by atoms with Gasteiger partial charge in [-0.3, -0.25) is 14.5 Å². The highest BCUT2D eigenvalue weighted by molar-refractivity contribution is 7.71. The van der Waals surface area contributed by atoms with Crippen LogP contribution in [0.3, 0.4) is 0 Å². The maximum absolute atomic E-state index is 11.7. The molecule has 7 heteroatoms. The predicted molar refractivity (Wildman–Crippen MR) is 62.8 cm³/mol. The van der Waals surface area contributed by atoms with E-state index in [-0.39, 0.29) is 18.0 Å². The smallest absolute Gasteiger partial charge is 0.342 e. The molecule has 0 atom stereocenters. The van der Waals surface area contributed by atoms with Crippen LogP contribution in [0.5, 0.6) is 0 Å². The van der Waals surface area contributed by atoms with E-state index >= 15 is 0 Å². The van der Waals surface area contributed by atoms with E-state index in [1.54, 1.807) is 4.90 Å². The molecule has 0 saturated heterocycles. The third-order valence-electron chi connectivity index (χ3n) is 2.43. The number of carbonyl (C=O) groups is 1. The van der Waals surface area contributed by atoms with E-state index in [9.17, 15) is 9.59 Å². The topological polar surface area (TPSA) is 73.9 Å². The van der Waals surface area contributed by atoms with Crippen LogP contribution in [0.4, 0.5) is 0 Å². The Morgan fingerprint density at radius 3 is 2.44 bits per heavy atom. The van der Waals surface area contributed by atoms with Crippen molar-refractivity contribution in [3.05, 3.63) is 15.3 Å². The average molecular weight is 244 g/mol. The minimum atomic E-state index is -0.308. The average Bonchev–Trinajstić information content (AvgIpc) is 2.58. The number of rotatable bonds is 5. The first-order chi connectivity index (χ1) is 7.60. The molecule has 0 saturated carbocycles. The highest BCUT2D eigenvalue weighted by atomic mass is 32.1. The number of amides is 1. The molecule has 0 aliphatic heterocycles. The normalized spacial score (nSPS) is 10.4. The second kappa shape index (κ2) is 5.64. The van der Waals surface area contributed by atoms with Gasteiger partial charge in [0.2, 0.25) is 5.91 Å². The standard InChI is InChI=1S/C9H16N4O2S/c1-3-12(4-2)7(14)5-6-13-8(15)10-11-9(13)16/h3-6H2,1-2H3,(H,10,15)(H,11,16). The lowest BCUT2D eigenvalue weighted by molar-refractivity contribution is -0.131. The molecule has 1 aromatic heterocycles. The van der Waals surface area contributed by atoms with Gasteiger partial charge in [-0.05, 0) is 26.1 Å². The molecule has 0 fully saturated rings. The van der Waals surface area contributed by atoms with Crippen LogP contribution in [0, 0.1) is 4.77 Å². The Hall–Kier alpha value is -1.37. The van der Waals surface area contributed by atoms with Gasteiger partial charge in [-0.2, -0.15) is 0 Å². The van der Waals surface area contributed by atoms with Crippen LogP contribution in [0.15, 0.2) is 4.79 Å². The summed E-state index contributed by atoms with van der Waals surface area (Å²) in [5, 5.41) is 4.90. The number of hydrogen-bond donors (Lipinski definition) is 2. The molecule has 1 rings (SSSR count). The fraction of sp³-hybridized carbons (Fsp3) is 0.667. The van der Waals surface area contributed by atoms with E-state index in [1.807, 2.05) is 13.8 Å². The lowest BCUT2D eigenvalue weighted by Crippen LogP contribution is -2.32. The van der Waals surface area contributed by atoms with Gasteiger partial charge in [0.25, 0.3) is 0 Å². The van der Waals surface area contributed by atoms with Gasteiger partial charge < -0.3 is 4.90 Å². The van der Waals surface area contributed by atoms with Gasteiger partial charge >= 0.3 is 5.69 Å². The van der Waals surface area contributed by atoms with Crippen LogP contribution in [0.1, 0.15) is 20.3 Å². The van der Waals surface area contributed by atoms with Gasteiger partial charge in [0, 0.05) is 26.1 Å². The summed E-state index contributed by atoms with van der Waals surface area (Å²) in [7, 11) is 0. The number of hydrogen-bond acceptors (Lipinski definition) is 3. The zero-order valence-corrected chi connectivity index (χ0v) is 10.3. The predicted octanol–water partition coefficient (Wildman–Crippen LogP) is 0.492. The Kier molecular flexibility index (Phi) is 4.48. The summed E-state index contributed by atoms with van der Waals surface area (Å²) in [6.45, 7) is 5.54. The van der Waals surface area contributed by atoms with Crippen molar-refractivity contribution in [3.63, 3.8) is 0 Å². The molecule has 0 spiro atoms. The maximum Gasteiger partial charge on any atom is 0.342 e. The number of aromatic nitrogens is 3. The maximum atomic E-state index is 11.7. The third-order valence-corrected chi connectivity index (χ3v) is 2.75. The van der Waals surface area contributed by atoms with E-state index in [1.165, 1.54) is 4.57 Å². The van der Waals surface area contributed by atoms with Crippen LogP contribution in [-0.2, 0) is 11.3 Å². The summed E-state index contributed by atoms with van der Waals surface area (Å²) in [4.78, 5) is 24.7. The quantitative estimate of drug-likeness (QED) is 0.740. The number of nitrogens with zero attached hydrogens (tertiary/aromatic N) is 2. The van der Waals surface area contributed by atoms with Crippen molar-refractivity contribution in [2.75, 3.05) is 13.1 Å². The van der Waals surface area contributed by atoms with Crippen molar-refractivity contribution in [1.82, 2.24) is 19.7 Å². The Balaban J connectivity index is 2.62. The molecule has 1 heterocycles. The minimum Gasteiger partial charge on any atom is -0.343 e. The number of nitrogens with one attached hydrogen (secondary N) is 2. The molecule has 90 valence electrons. The molecule has 0 aromatic carbocycles. The molecule has 0 aliphatic rings. The first kappa shape index (κ1) is 12.7. The molecule has 0 bridgehead atoms. The summed E-state index contributed by atoms with van der Waals surface area (Å²) >= 11 is 4.90. The highest BCUT2D eigenvalue weighted by Gasteiger charge is 2.10. The Morgan fingerprint density at radius 1 is 1.38 bits per heavy atom. The SMILES string of the molecule is CCN(CC)C(=O)CCn1c(=O)[nH][nH]c1=S. The van der Waals surface area contributed by atoms with Crippen LogP contribution in [0.25, 0.3) is 0 Å². The van der Waals surface area contributed by atoms with Crippen molar-refractivity contribution >= 4 is 18.1 Å². The molecule has 0 aliphatic carbocycles. The Morgan fingerprint density at radius 2 is 2.00 bits per heavy atom. The molecule has 0 unspecified atom stereocenters. The van der Waals surface area contributed by atoms with E-state index in [4.69, 9.17) is 12.2 Å². The fourth-order valence-electron chi connectivity index (χ4n) is 1.48. The monoisotopic (exact) mass is 244 g/mol. The van der Waals surface area contributed by atoms with Crippen LogP contribution in [0.2, 0.25) is 0 Å². The second-order valence-electron chi connectivity index (χ2n) is 3.33. The lowest BCUT2D eigenvalue weighted by Gasteiger charge is -2.18. The minimum absolute atomic E-state index is 0.0347. The second-order valence-corrected chi connectivity index (χ2v) is 3.71. The number of carbonyl (C=O) groups excluding carboxylic acids is 1. The summed E-state index contributed by atoms with van der Waals surface area (Å²) < 4.78 is 1.66. The molecule has 2 N–H and O–H groups in total. The summed E-state index contributed by atoms with van der Waals surface area (Å²) in [6, 6.07) is 0. The lowest BCUT2D eigenvalue weighted by atomic mass is 10.3. The van der Waals surface area contributed by atoms with Crippen molar-refractivity contribution < 1.29 is 4.79 Å². The van der Waals surface area contributed by atoms with E-state index in [2.05, 4.69) is 10.2 Å². The molecule has 1 aromatic rings. The molecule has 1 amide bonds. The van der Waals surface area contributed by atoms with E-state index in [0.29, 0.717) is 24.4 Å². The van der Waals surface area contributed by atoms with Gasteiger partial charge in [-0.15, -0.1) is 0 Å². The zero-order chi connectivity index (χ0) is 12.1. The summed E-state index contributed by atoms with van der Waals surface area (Å²) in [6.07, 6.45) is 0.289. The first-order valence-corrected chi connectivity index (χ1v) is 5.66. The molecule has 0 radical (unpaired) electrons. The Bertz CT molecular complexity index is 427. The zero-order valence-electron chi connectivity index (χ0n) is 9.45. The molecule has 16 heavy (non-hydrogen) atoms. The molecular formula is C9H16N4O2S. The van der Waals surface area contributed by atoms with Crippen LogP contribution < -0.4 is 5.69 Å². The summed E-state index contributed by atoms with van der Waals surface area (Å²) in [5.74, 6) is 0.0347. The summed E-state index contributed by atoms with van der Waals surface area (Å²) in [5.41, 5.74) is -0.308. The van der Waals surface area contributed by atoms with Crippen molar-refractivity contribution in [3.8, 4) is 0 Å². The largest absolute Gasteiger partial charge is 0.343 e. The van der Waals surface area contributed by atoms with Crippen LogP contribution >= 0.6 is 12.2 Å².